The molecule has 1 unspecified atom stereocenters. The third-order valence-corrected chi connectivity index (χ3v) is 4.42. The van der Waals surface area contributed by atoms with Gasteiger partial charge in [-0.3, -0.25) is 0 Å². The molecule has 0 aliphatic carbocycles. The summed E-state index contributed by atoms with van der Waals surface area (Å²) in [4.78, 5) is 0. The Morgan fingerprint density at radius 3 is 2.74 bits per heavy atom. The van der Waals surface area contributed by atoms with Crippen molar-refractivity contribution in [3.63, 3.8) is 0 Å². The lowest BCUT2D eigenvalue weighted by molar-refractivity contribution is -0.129. The summed E-state index contributed by atoms with van der Waals surface area (Å²) < 4.78 is 40.5. The number of hydrogen-bond acceptors (Lipinski definition) is 4. The first-order valence-electron chi connectivity index (χ1n) is 6.38. The number of halogens is 3. The SMILES string of the molecule is NCCC(Sc1nnc2n1CCCCC2)C(F)(F)F. The first-order chi connectivity index (χ1) is 9.02. The van der Waals surface area contributed by atoms with Crippen LogP contribution in [-0.2, 0) is 13.0 Å². The van der Waals surface area contributed by atoms with E-state index in [2.05, 4.69) is 10.2 Å². The van der Waals surface area contributed by atoms with E-state index in [-0.39, 0.29) is 13.0 Å². The molecule has 1 aromatic rings. The maximum atomic E-state index is 12.9. The number of aromatic nitrogens is 3. The van der Waals surface area contributed by atoms with Crippen LogP contribution in [0.25, 0.3) is 0 Å². The Kier molecular flexibility index (Phi) is 4.72. The van der Waals surface area contributed by atoms with Gasteiger partial charge >= 0.3 is 6.18 Å². The standard InChI is InChI=1S/C11H17F3N4S/c12-11(13,14)8(5-6-15)19-10-17-16-9-4-2-1-3-7-18(9)10/h8H,1-7,15H2. The average Bonchev–Trinajstić information content (AvgIpc) is 2.57. The highest BCUT2D eigenvalue weighted by Gasteiger charge is 2.40. The molecule has 2 heterocycles. The van der Waals surface area contributed by atoms with E-state index in [4.69, 9.17) is 5.73 Å². The van der Waals surface area contributed by atoms with Gasteiger partial charge in [-0.15, -0.1) is 10.2 Å². The van der Waals surface area contributed by atoms with Crippen LogP contribution in [0.5, 0.6) is 0 Å². The summed E-state index contributed by atoms with van der Waals surface area (Å²) in [7, 11) is 0. The van der Waals surface area contributed by atoms with Crippen molar-refractivity contribution in [1.82, 2.24) is 14.8 Å². The number of alkyl halides is 3. The number of rotatable bonds is 4. The predicted octanol–water partition coefficient (Wildman–Crippen LogP) is 2.38. The largest absolute Gasteiger partial charge is 0.401 e. The van der Waals surface area contributed by atoms with E-state index in [0.29, 0.717) is 11.7 Å². The minimum atomic E-state index is -4.26. The van der Waals surface area contributed by atoms with Crippen molar-refractivity contribution in [3.8, 4) is 0 Å². The second kappa shape index (κ2) is 6.13. The second-order valence-corrected chi connectivity index (χ2v) is 5.76. The Balaban J connectivity index is 2.15. The highest BCUT2D eigenvalue weighted by molar-refractivity contribution is 7.99. The number of nitrogens with zero attached hydrogens (tertiary/aromatic N) is 3. The molecule has 0 aromatic carbocycles. The Hall–Kier alpha value is -0.760. The van der Waals surface area contributed by atoms with Gasteiger partial charge in [-0.1, -0.05) is 18.2 Å². The zero-order valence-corrected chi connectivity index (χ0v) is 11.3. The normalized spacial score (nSPS) is 17.9. The lowest BCUT2D eigenvalue weighted by Gasteiger charge is -2.18. The van der Waals surface area contributed by atoms with E-state index in [9.17, 15) is 13.2 Å². The fraction of sp³-hybridized carbons (Fsp3) is 0.818. The summed E-state index contributed by atoms with van der Waals surface area (Å²) in [6, 6.07) is 0. The first kappa shape index (κ1) is 14.6. The highest BCUT2D eigenvalue weighted by Crippen LogP contribution is 2.36. The number of thioether (sulfide) groups is 1. The number of aryl methyl sites for hydroxylation is 1. The minimum Gasteiger partial charge on any atom is -0.330 e. The molecule has 0 radical (unpaired) electrons. The van der Waals surface area contributed by atoms with Crippen molar-refractivity contribution >= 4 is 11.8 Å². The summed E-state index contributed by atoms with van der Waals surface area (Å²) >= 11 is 0.735. The van der Waals surface area contributed by atoms with Gasteiger partial charge in [0.1, 0.15) is 11.1 Å². The fourth-order valence-electron chi connectivity index (χ4n) is 2.11. The van der Waals surface area contributed by atoms with Crippen LogP contribution in [0.3, 0.4) is 0 Å². The maximum Gasteiger partial charge on any atom is 0.401 e. The lowest BCUT2D eigenvalue weighted by atomic mass is 10.2. The van der Waals surface area contributed by atoms with Gasteiger partial charge in [-0.2, -0.15) is 13.2 Å². The van der Waals surface area contributed by atoms with E-state index in [1.54, 1.807) is 0 Å². The summed E-state index contributed by atoms with van der Waals surface area (Å²) in [5.41, 5.74) is 5.26. The lowest BCUT2D eigenvalue weighted by Crippen LogP contribution is -2.28. The third-order valence-electron chi connectivity index (χ3n) is 3.12. The monoisotopic (exact) mass is 294 g/mol. The molecule has 0 bridgehead atoms. The van der Waals surface area contributed by atoms with Crippen LogP contribution in [0.15, 0.2) is 5.16 Å². The van der Waals surface area contributed by atoms with Crippen molar-refractivity contribution < 1.29 is 13.2 Å². The zero-order chi connectivity index (χ0) is 13.9. The molecule has 0 saturated carbocycles. The van der Waals surface area contributed by atoms with Crippen molar-refractivity contribution in [2.45, 2.75) is 55.2 Å². The summed E-state index contributed by atoms with van der Waals surface area (Å²) in [6.45, 7) is 0.718. The molecule has 0 spiro atoms. The van der Waals surface area contributed by atoms with Crippen LogP contribution >= 0.6 is 11.8 Å². The van der Waals surface area contributed by atoms with E-state index < -0.39 is 11.4 Å². The van der Waals surface area contributed by atoms with Crippen molar-refractivity contribution in [1.29, 1.82) is 0 Å². The van der Waals surface area contributed by atoms with Gasteiger partial charge in [-0.25, -0.2) is 0 Å². The van der Waals surface area contributed by atoms with Gasteiger partial charge in [0.05, 0.1) is 0 Å². The fourth-order valence-corrected chi connectivity index (χ4v) is 3.17. The zero-order valence-electron chi connectivity index (χ0n) is 10.5. The molecule has 0 amide bonds. The van der Waals surface area contributed by atoms with E-state index in [0.717, 1.165) is 43.3 Å². The van der Waals surface area contributed by atoms with Gasteiger partial charge in [0.15, 0.2) is 5.16 Å². The van der Waals surface area contributed by atoms with Gasteiger partial charge in [0, 0.05) is 13.0 Å². The van der Waals surface area contributed by atoms with Crippen molar-refractivity contribution in [2.75, 3.05) is 6.54 Å². The van der Waals surface area contributed by atoms with Gasteiger partial charge in [-0.05, 0) is 25.8 Å². The summed E-state index contributed by atoms with van der Waals surface area (Å²) in [5.74, 6) is 0.800. The molecule has 1 aromatic heterocycles. The number of hydrogen-bond donors (Lipinski definition) is 1. The van der Waals surface area contributed by atoms with E-state index in [1.165, 1.54) is 0 Å². The third kappa shape index (κ3) is 3.62. The quantitative estimate of drug-likeness (QED) is 0.866. The smallest absolute Gasteiger partial charge is 0.330 e. The average molecular weight is 294 g/mol. The van der Waals surface area contributed by atoms with Crippen LogP contribution < -0.4 is 5.73 Å². The molecule has 2 rings (SSSR count). The molecule has 0 fully saturated rings. The molecule has 19 heavy (non-hydrogen) atoms. The summed E-state index contributed by atoms with van der Waals surface area (Å²) in [5, 5.41) is 6.78. The molecule has 1 atom stereocenters. The van der Waals surface area contributed by atoms with Gasteiger partial charge in [0.25, 0.3) is 0 Å². The predicted molar refractivity (Wildman–Crippen MR) is 66.9 cm³/mol. The molecule has 8 heteroatoms. The molecule has 4 nitrogen and oxygen atoms in total. The van der Waals surface area contributed by atoms with E-state index in [1.807, 2.05) is 4.57 Å². The molecule has 1 aliphatic heterocycles. The first-order valence-corrected chi connectivity index (χ1v) is 7.26. The molecule has 108 valence electrons. The molecule has 0 saturated heterocycles. The van der Waals surface area contributed by atoms with Crippen LogP contribution in [0.2, 0.25) is 0 Å². The Morgan fingerprint density at radius 1 is 1.26 bits per heavy atom. The highest BCUT2D eigenvalue weighted by atomic mass is 32.2. The Morgan fingerprint density at radius 2 is 2.05 bits per heavy atom. The topological polar surface area (TPSA) is 56.7 Å². The molecule has 1 aliphatic rings. The van der Waals surface area contributed by atoms with Crippen molar-refractivity contribution in [3.05, 3.63) is 5.82 Å². The minimum absolute atomic E-state index is 0.0121. The number of nitrogens with two attached hydrogens (primary N) is 1. The van der Waals surface area contributed by atoms with Gasteiger partial charge < -0.3 is 10.3 Å². The number of fused-ring (bicyclic) bond motifs is 1. The van der Waals surface area contributed by atoms with Crippen molar-refractivity contribution in [2.24, 2.45) is 5.73 Å². The van der Waals surface area contributed by atoms with Gasteiger partial charge in [0.2, 0.25) is 0 Å². The molecule has 2 N–H and O–H groups in total. The van der Waals surface area contributed by atoms with Crippen LogP contribution in [-0.4, -0.2) is 32.7 Å². The second-order valence-electron chi connectivity index (χ2n) is 4.59. The summed E-state index contributed by atoms with van der Waals surface area (Å²) in [6.07, 6.45) is -0.502. The Labute approximate surface area is 113 Å². The Bertz CT molecular complexity index is 419. The van der Waals surface area contributed by atoms with E-state index >= 15 is 0 Å². The molecular formula is C11H17F3N4S. The van der Waals surface area contributed by atoms with Crippen LogP contribution in [0.4, 0.5) is 13.2 Å². The van der Waals surface area contributed by atoms with Crippen LogP contribution in [0.1, 0.15) is 31.5 Å². The van der Waals surface area contributed by atoms with Crippen LogP contribution in [0, 0.1) is 0 Å². The molecular weight excluding hydrogens is 277 g/mol. The maximum absolute atomic E-state index is 12.9.